The molecule has 1 atom stereocenters. The molecule has 0 aliphatic rings. The van der Waals surface area contributed by atoms with Crippen LogP contribution in [0.4, 0.5) is 13.2 Å². The molecule has 0 aliphatic carbocycles. The molecule has 0 bridgehead atoms. The third kappa shape index (κ3) is 11.4. The van der Waals surface area contributed by atoms with Crippen molar-refractivity contribution in [1.29, 1.82) is 0 Å². The molecule has 0 aliphatic heterocycles. The van der Waals surface area contributed by atoms with E-state index in [9.17, 15) is 17.4 Å². The highest BCUT2D eigenvalue weighted by atomic mass is 127. The first-order valence-corrected chi connectivity index (χ1v) is 8.29. The molecular weight excluding hydrogens is 442 g/mol. The van der Waals surface area contributed by atoms with Crippen LogP contribution in [0, 0.1) is 0 Å². The van der Waals surface area contributed by atoms with E-state index in [1.54, 1.807) is 0 Å². The van der Waals surface area contributed by atoms with Crippen molar-refractivity contribution in [3.8, 4) is 0 Å². The van der Waals surface area contributed by atoms with Crippen LogP contribution in [0.5, 0.6) is 0 Å². The normalized spacial score (nSPS) is 13.1. The second kappa shape index (κ2) is 11.7. The van der Waals surface area contributed by atoms with Crippen LogP contribution in [0.3, 0.4) is 0 Å². The zero-order valence-corrected chi connectivity index (χ0v) is 15.9. The largest absolute Gasteiger partial charge is 0.390 e. The third-order valence-electron chi connectivity index (χ3n) is 2.72. The maximum atomic E-state index is 12.0. The number of halogens is 4. The number of hydrogen-bond acceptors (Lipinski definition) is 2. The second-order valence-electron chi connectivity index (χ2n) is 4.56. The van der Waals surface area contributed by atoms with Crippen LogP contribution in [-0.4, -0.2) is 42.2 Å². The van der Waals surface area contributed by atoms with Crippen LogP contribution >= 0.6 is 24.0 Å². The molecule has 2 N–H and O–H groups in total. The third-order valence-corrected chi connectivity index (χ3v) is 4.03. The highest BCUT2D eigenvalue weighted by Gasteiger charge is 2.26. The van der Waals surface area contributed by atoms with Gasteiger partial charge in [0.15, 0.2) is 5.96 Å². The lowest BCUT2D eigenvalue weighted by atomic mass is 10.2. The predicted molar refractivity (Wildman–Crippen MR) is 98.6 cm³/mol. The Morgan fingerprint density at radius 3 is 2.35 bits per heavy atom. The Balaban J connectivity index is 0.00000484. The Labute approximate surface area is 153 Å². The summed E-state index contributed by atoms with van der Waals surface area (Å²) in [5.74, 6) is 1.14. The number of aliphatic imine (C=N–C) groups is 1. The van der Waals surface area contributed by atoms with Crippen LogP contribution in [0.2, 0.25) is 0 Å². The van der Waals surface area contributed by atoms with Gasteiger partial charge in [-0.25, -0.2) is 0 Å². The molecule has 4 nitrogen and oxygen atoms in total. The first-order chi connectivity index (χ1) is 10.4. The van der Waals surface area contributed by atoms with Crippen LogP contribution < -0.4 is 10.6 Å². The molecule has 0 saturated heterocycles. The molecular formula is C14H21F3IN3OS. The fraction of sp³-hybridized carbons (Fsp3) is 0.500. The van der Waals surface area contributed by atoms with Crippen molar-refractivity contribution in [2.45, 2.75) is 18.3 Å². The lowest BCUT2D eigenvalue weighted by Gasteiger charge is -2.12. The first-order valence-electron chi connectivity index (χ1n) is 6.81. The molecule has 9 heteroatoms. The van der Waals surface area contributed by atoms with Gasteiger partial charge in [-0.05, 0) is 5.56 Å². The molecule has 0 aromatic heterocycles. The minimum atomic E-state index is -4.19. The van der Waals surface area contributed by atoms with E-state index in [4.69, 9.17) is 0 Å². The molecule has 0 spiro atoms. The average molecular weight is 463 g/mol. The summed E-state index contributed by atoms with van der Waals surface area (Å²) in [7, 11) is 0.442. The molecule has 1 aromatic carbocycles. The second-order valence-corrected chi connectivity index (χ2v) is 6.14. The highest BCUT2D eigenvalue weighted by Crippen LogP contribution is 2.17. The Bertz CT molecular complexity index is 498. The highest BCUT2D eigenvalue weighted by molar-refractivity contribution is 14.0. The van der Waals surface area contributed by atoms with E-state index in [-0.39, 0.29) is 36.5 Å². The monoisotopic (exact) mass is 463 g/mol. The zero-order chi connectivity index (χ0) is 16.4. The van der Waals surface area contributed by atoms with Gasteiger partial charge in [-0.1, -0.05) is 30.3 Å². The summed E-state index contributed by atoms with van der Waals surface area (Å²) in [6.07, 6.45) is -5.11. The van der Waals surface area contributed by atoms with Crippen molar-refractivity contribution in [3.05, 3.63) is 35.9 Å². The summed E-state index contributed by atoms with van der Waals surface area (Å²) in [4.78, 5) is 3.82. The molecule has 1 rings (SSSR count). The van der Waals surface area contributed by atoms with E-state index >= 15 is 0 Å². The van der Waals surface area contributed by atoms with Gasteiger partial charge in [-0.15, -0.1) is 24.0 Å². The number of nitrogens with zero attached hydrogens (tertiary/aromatic N) is 1. The average Bonchev–Trinajstić information content (AvgIpc) is 2.45. The van der Waals surface area contributed by atoms with Gasteiger partial charge in [0.05, 0.1) is 6.42 Å². The number of hydrogen-bond donors (Lipinski definition) is 2. The molecule has 0 fully saturated rings. The molecule has 1 unspecified atom stereocenters. The van der Waals surface area contributed by atoms with Gasteiger partial charge in [0, 0.05) is 42.4 Å². The Hall–Kier alpha value is -0.840. The fourth-order valence-electron chi connectivity index (χ4n) is 1.66. The summed E-state index contributed by atoms with van der Waals surface area (Å²) in [5.41, 5.74) is 0.994. The molecule has 0 saturated carbocycles. The van der Waals surface area contributed by atoms with E-state index in [0.29, 0.717) is 18.1 Å². The van der Waals surface area contributed by atoms with Crippen LogP contribution in [0.15, 0.2) is 35.3 Å². The summed E-state index contributed by atoms with van der Waals surface area (Å²) in [6.45, 7) is 0.140. The fourth-order valence-corrected chi connectivity index (χ4v) is 2.70. The molecule has 0 heterocycles. The van der Waals surface area contributed by atoms with Crippen LogP contribution in [-0.2, 0) is 16.6 Å². The summed E-state index contributed by atoms with van der Waals surface area (Å²) < 4.78 is 48.0. The Kier molecular flexibility index (Phi) is 11.2. The van der Waals surface area contributed by atoms with E-state index in [1.165, 1.54) is 7.05 Å². The maximum Gasteiger partial charge on any atom is 0.390 e. The number of rotatable bonds is 7. The van der Waals surface area contributed by atoms with E-state index in [2.05, 4.69) is 15.6 Å². The first kappa shape index (κ1) is 22.2. The molecule has 0 amide bonds. The maximum absolute atomic E-state index is 12.0. The van der Waals surface area contributed by atoms with Crippen LogP contribution in [0.1, 0.15) is 12.0 Å². The quantitative estimate of drug-likeness (QED) is 0.372. The summed E-state index contributed by atoms with van der Waals surface area (Å²) in [5, 5.41) is 5.42. The smallest absolute Gasteiger partial charge is 0.356 e. The van der Waals surface area contributed by atoms with E-state index in [0.717, 1.165) is 5.56 Å². The number of alkyl halides is 3. The van der Waals surface area contributed by atoms with Crippen molar-refractivity contribution < 1.29 is 17.4 Å². The van der Waals surface area contributed by atoms with Crippen molar-refractivity contribution >= 4 is 40.7 Å². The van der Waals surface area contributed by atoms with E-state index in [1.807, 2.05) is 30.3 Å². The molecule has 132 valence electrons. The van der Waals surface area contributed by atoms with Gasteiger partial charge in [0.1, 0.15) is 0 Å². The minimum Gasteiger partial charge on any atom is -0.356 e. The predicted octanol–water partition coefficient (Wildman–Crippen LogP) is 2.67. The number of benzene rings is 1. The van der Waals surface area contributed by atoms with Crippen LogP contribution in [0.25, 0.3) is 0 Å². The van der Waals surface area contributed by atoms with Crippen molar-refractivity contribution in [2.24, 2.45) is 4.99 Å². The minimum absolute atomic E-state index is 0. The van der Waals surface area contributed by atoms with Gasteiger partial charge in [-0.3, -0.25) is 9.20 Å². The molecule has 0 radical (unpaired) electrons. The van der Waals surface area contributed by atoms with Gasteiger partial charge in [0.25, 0.3) is 0 Å². The Morgan fingerprint density at radius 2 is 1.78 bits per heavy atom. The van der Waals surface area contributed by atoms with Crippen molar-refractivity contribution in [3.63, 3.8) is 0 Å². The topological polar surface area (TPSA) is 53.5 Å². The summed E-state index contributed by atoms with van der Waals surface area (Å²) >= 11 is 0. The number of nitrogens with one attached hydrogen (secondary N) is 2. The Morgan fingerprint density at radius 1 is 1.17 bits per heavy atom. The molecule has 1 aromatic rings. The van der Waals surface area contributed by atoms with E-state index < -0.39 is 23.4 Å². The SMILES string of the molecule is CN=C(NCCS(=O)Cc1ccccc1)NCCC(F)(F)F.I. The van der Waals surface area contributed by atoms with Gasteiger partial charge in [-0.2, -0.15) is 13.2 Å². The molecule has 23 heavy (non-hydrogen) atoms. The van der Waals surface area contributed by atoms with Gasteiger partial charge < -0.3 is 10.6 Å². The zero-order valence-electron chi connectivity index (χ0n) is 12.7. The van der Waals surface area contributed by atoms with Gasteiger partial charge in [0.2, 0.25) is 0 Å². The lowest BCUT2D eigenvalue weighted by molar-refractivity contribution is -0.132. The van der Waals surface area contributed by atoms with Crippen molar-refractivity contribution in [1.82, 2.24) is 10.6 Å². The van der Waals surface area contributed by atoms with Crippen molar-refractivity contribution in [2.75, 3.05) is 25.9 Å². The lowest BCUT2D eigenvalue weighted by Crippen LogP contribution is -2.40. The standard InChI is InChI=1S/C14H20F3N3OS.HI/c1-18-13(19-8-7-14(15,16)17)20-9-10-22(21)11-12-5-3-2-4-6-12;/h2-6H,7-11H2,1H3,(H2,18,19,20);1H. The summed E-state index contributed by atoms with van der Waals surface area (Å²) in [6, 6.07) is 9.48. The number of guanidine groups is 1. The van der Waals surface area contributed by atoms with Gasteiger partial charge >= 0.3 is 6.18 Å².